The van der Waals surface area contributed by atoms with Gasteiger partial charge in [0.2, 0.25) is 0 Å². The molecule has 0 radical (unpaired) electrons. The average molecular weight is 506 g/mol. The molecular formula is C32H36B2O4. The van der Waals surface area contributed by atoms with E-state index in [1.165, 1.54) is 11.1 Å². The van der Waals surface area contributed by atoms with Gasteiger partial charge in [0.1, 0.15) is 0 Å². The van der Waals surface area contributed by atoms with Crippen LogP contribution in [-0.2, 0) is 18.6 Å². The predicted octanol–water partition coefficient (Wildman–Crippen LogP) is 6.26. The van der Waals surface area contributed by atoms with Crippen LogP contribution in [0.5, 0.6) is 0 Å². The summed E-state index contributed by atoms with van der Waals surface area (Å²) in [5.74, 6) is 0. The van der Waals surface area contributed by atoms with Crippen molar-refractivity contribution in [1.82, 2.24) is 0 Å². The summed E-state index contributed by atoms with van der Waals surface area (Å²) in [6.07, 6.45) is 0. The number of rotatable bonds is 3. The fourth-order valence-corrected chi connectivity index (χ4v) is 5.43. The SMILES string of the molecule is CC1(C)OB(c2cccc3cc4cc(-c5ccccc5)ccc4c(B4OC(C)(C)C(C)(C)O4)c23)OC1(C)C. The molecule has 0 saturated carbocycles. The molecule has 2 aliphatic rings. The lowest BCUT2D eigenvalue weighted by molar-refractivity contribution is 0.00578. The number of hydrogen-bond donors (Lipinski definition) is 0. The van der Waals surface area contributed by atoms with Gasteiger partial charge >= 0.3 is 14.2 Å². The molecule has 0 amide bonds. The Morgan fingerprint density at radius 1 is 0.500 bits per heavy atom. The molecule has 2 aliphatic heterocycles. The average Bonchev–Trinajstić information content (AvgIpc) is 3.21. The highest BCUT2D eigenvalue weighted by Crippen LogP contribution is 2.40. The molecule has 0 unspecified atom stereocenters. The van der Waals surface area contributed by atoms with E-state index in [1.54, 1.807) is 0 Å². The Morgan fingerprint density at radius 3 is 1.68 bits per heavy atom. The molecule has 0 spiro atoms. The minimum atomic E-state index is -0.530. The fourth-order valence-electron chi connectivity index (χ4n) is 5.43. The van der Waals surface area contributed by atoms with Crippen LogP contribution in [0.4, 0.5) is 0 Å². The second-order valence-corrected chi connectivity index (χ2v) is 12.7. The van der Waals surface area contributed by atoms with Gasteiger partial charge in [-0.25, -0.2) is 0 Å². The third kappa shape index (κ3) is 3.93. The molecule has 4 nitrogen and oxygen atoms in total. The molecule has 2 heterocycles. The third-order valence-corrected chi connectivity index (χ3v) is 9.15. The Kier molecular flexibility index (Phi) is 5.69. The first-order valence-electron chi connectivity index (χ1n) is 13.6. The van der Waals surface area contributed by atoms with Gasteiger partial charge in [-0.3, -0.25) is 0 Å². The summed E-state index contributed by atoms with van der Waals surface area (Å²) in [5.41, 5.74) is 2.60. The Hall–Kier alpha value is -2.63. The molecule has 4 aromatic carbocycles. The summed E-state index contributed by atoms with van der Waals surface area (Å²) >= 11 is 0. The van der Waals surface area contributed by atoms with Gasteiger partial charge in [-0.05, 0) is 111 Å². The zero-order valence-corrected chi connectivity index (χ0v) is 23.7. The van der Waals surface area contributed by atoms with E-state index in [9.17, 15) is 0 Å². The van der Waals surface area contributed by atoms with Gasteiger partial charge in [0.15, 0.2) is 0 Å². The first-order chi connectivity index (χ1) is 17.8. The standard InChI is InChI=1S/C32H36B2O4/c1-29(2)30(3,4)36-33(35-29)26-16-12-15-23-20-24-19-22(21-13-10-9-11-14-21)17-18-25(24)28(27(23)26)34-37-31(5,6)32(7,8)38-34/h9-20H,1-8H3. The summed E-state index contributed by atoms with van der Waals surface area (Å²) in [6, 6.07) is 25.8. The van der Waals surface area contributed by atoms with Crippen LogP contribution in [0.3, 0.4) is 0 Å². The van der Waals surface area contributed by atoms with Crippen molar-refractivity contribution >= 4 is 46.7 Å². The smallest absolute Gasteiger partial charge is 0.399 e. The summed E-state index contributed by atoms with van der Waals surface area (Å²) in [4.78, 5) is 0. The van der Waals surface area contributed by atoms with Crippen molar-refractivity contribution in [2.45, 2.75) is 77.8 Å². The molecule has 4 aromatic rings. The molecule has 38 heavy (non-hydrogen) atoms. The Labute approximate surface area is 226 Å². The van der Waals surface area contributed by atoms with Crippen molar-refractivity contribution in [2.75, 3.05) is 0 Å². The minimum Gasteiger partial charge on any atom is -0.399 e. The van der Waals surface area contributed by atoms with E-state index in [1.807, 2.05) is 6.07 Å². The number of fused-ring (bicyclic) bond motifs is 2. The maximum atomic E-state index is 6.68. The lowest BCUT2D eigenvalue weighted by atomic mass is 9.67. The lowest BCUT2D eigenvalue weighted by Gasteiger charge is -2.32. The Balaban J connectivity index is 1.61. The van der Waals surface area contributed by atoms with Crippen molar-refractivity contribution < 1.29 is 18.6 Å². The van der Waals surface area contributed by atoms with E-state index in [-0.39, 0.29) is 0 Å². The van der Waals surface area contributed by atoms with Gasteiger partial charge in [-0.15, -0.1) is 0 Å². The monoisotopic (exact) mass is 506 g/mol. The lowest BCUT2D eigenvalue weighted by Crippen LogP contribution is -2.42. The highest BCUT2D eigenvalue weighted by Gasteiger charge is 2.54. The van der Waals surface area contributed by atoms with Gasteiger partial charge in [0.05, 0.1) is 22.4 Å². The molecule has 6 rings (SSSR count). The van der Waals surface area contributed by atoms with E-state index in [2.05, 4.69) is 122 Å². The molecule has 0 atom stereocenters. The molecule has 6 heteroatoms. The van der Waals surface area contributed by atoms with Crippen molar-refractivity contribution in [2.24, 2.45) is 0 Å². The minimum absolute atomic E-state index is 0.439. The highest BCUT2D eigenvalue weighted by atomic mass is 16.7. The zero-order chi connectivity index (χ0) is 27.1. The molecule has 2 saturated heterocycles. The topological polar surface area (TPSA) is 36.9 Å². The largest absolute Gasteiger partial charge is 0.496 e. The van der Waals surface area contributed by atoms with Crippen LogP contribution in [-0.4, -0.2) is 36.6 Å². The molecule has 194 valence electrons. The first-order valence-corrected chi connectivity index (χ1v) is 13.6. The molecule has 0 aliphatic carbocycles. The van der Waals surface area contributed by atoms with Gasteiger partial charge < -0.3 is 18.6 Å². The van der Waals surface area contributed by atoms with Crippen LogP contribution < -0.4 is 10.9 Å². The van der Waals surface area contributed by atoms with Crippen LogP contribution >= 0.6 is 0 Å². The molecule has 0 N–H and O–H groups in total. The molecule has 2 fully saturated rings. The second-order valence-electron chi connectivity index (χ2n) is 12.7. The highest BCUT2D eigenvalue weighted by molar-refractivity contribution is 6.73. The van der Waals surface area contributed by atoms with Gasteiger partial charge in [0.25, 0.3) is 0 Å². The van der Waals surface area contributed by atoms with E-state index in [4.69, 9.17) is 18.6 Å². The van der Waals surface area contributed by atoms with Gasteiger partial charge in [-0.2, -0.15) is 0 Å². The second kappa shape index (κ2) is 8.43. The maximum Gasteiger partial charge on any atom is 0.496 e. The van der Waals surface area contributed by atoms with E-state index in [0.29, 0.717) is 0 Å². The fraction of sp³-hybridized carbons (Fsp3) is 0.375. The summed E-state index contributed by atoms with van der Waals surface area (Å²) < 4.78 is 26.4. The van der Waals surface area contributed by atoms with E-state index in [0.717, 1.165) is 32.5 Å². The molecular weight excluding hydrogens is 470 g/mol. The van der Waals surface area contributed by atoms with Crippen molar-refractivity contribution in [1.29, 1.82) is 0 Å². The van der Waals surface area contributed by atoms with Crippen LogP contribution in [0, 0.1) is 0 Å². The number of hydrogen-bond acceptors (Lipinski definition) is 4. The van der Waals surface area contributed by atoms with Gasteiger partial charge in [-0.1, -0.05) is 60.7 Å². The van der Waals surface area contributed by atoms with Gasteiger partial charge in [0, 0.05) is 0 Å². The van der Waals surface area contributed by atoms with Crippen LogP contribution in [0.15, 0.2) is 72.8 Å². The third-order valence-electron chi connectivity index (χ3n) is 9.15. The van der Waals surface area contributed by atoms with Crippen LogP contribution in [0.25, 0.3) is 32.7 Å². The van der Waals surface area contributed by atoms with Crippen molar-refractivity contribution in [3.63, 3.8) is 0 Å². The first kappa shape index (κ1) is 25.6. The molecule has 0 aromatic heterocycles. The van der Waals surface area contributed by atoms with Crippen LogP contribution in [0.1, 0.15) is 55.4 Å². The summed E-state index contributed by atoms with van der Waals surface area (Å²) in [6.45, 7) is 16.8. The summed E-state index contributed by atoms with van der Waals surface area (Å²) in [5, 5.41) is 4.44. The Bertz CT molecular complexity index is 1510. The van der Waals surface area contributed by atoms with Crippen LogP contribution in [0.2, 0.25) is 0 Å². The maximum absolute atomic E-state index is 6.68. The van der Waals surface area contributed by atoms with E-state index < -0.39 is 36.6 Å². The molecule has 0 bridgehead atoms. The number of benzene rings is 4. The van der Waals surface area contributed by atoms with Crippen molar-refractivity contribution in [3.05, 3.63) is 72.8 Å². The predicted molar refractivity (Wildman–Crippen MR) is 158 cm³/mol. The van der Waals surface area contributed by atoms with Crippen molar-refractivity contribution in [3.8, 4) is 11.1 Å². The zero-order valence-electron chi connectivity index (χ0n) is 23.7. The quantitative estimate of drug-likeness (QED) is 0.243. The normalized spacial score (nSPS) is 21.5. The Morgan fingerprint density at radius 2 is 1.08 bits per heavy atom. The summed E-state index contributed by atoms with van der Waals surface area (Å²) in [7, 11) is -1.02. The van der Waals surface area contributed by atoms with E-state index >= 15 is 0 Å².